The van der Waals surface area contributed by atoms with Crippen molar-refractivity contribution in [2.24, 2.45) is 5.92 Å². The molecule has 4 nitrogen and oxygen atoms in total. The van der Waals surface area contributed by atoms with E-state index in [1.54, 1.807) is 0 Å². The lowest BCUT2D eigenvalue weighted by atomic mass is 9.93. The summed E-state index contributed by atoms with van der Waals surface area (Å²) < 4.78 is 5.29. The first kappa shape index (κ1) is 17.0. The molecule has 1 aliphatic rings. The van der Waals surface area contributed by atoms with Gasteiger partial charge in [-0.15, -0.1) is 0 Å². The molecule has 2 rings (SSSR count). The lowest BCUT2D eigenvalue weighted by Crippen LogP contribution is -2.34. The molecule has 1 saturated heterocycles. The summed E-state index contributed by atoms with van der Waals surface area (Å²) in [6.07, 6.45) is 3.50. The molecular weight excluding hydrogens is 278 g/mol. The summed E-state index contributed by atoms with van der Waals surface area (Å²) in [7, 11) is 0. The monoisotopic (exact) mass is 305 g/mol. The second-order valence-corrected chi connectivity index (χ2v) is 5.83. The second kappa shape index (κ2) is 8.91. The minimum Gasteiger partial charge on any atom is -0.396 e. The number of Topliss-reactive ketones (excluding diaryl/α,β-unsaturated/α-hetero) is 1. The number of ketones is 1. The molecule has 4 heteroatoms. The van der Waals surface area contributed by atoms with E-state index in [-0.39, 0.29) is 12.4 Å². The number of aliphatic hydroxyl groups excluding tert-OH is 1. The van der Waals surface area contributed by atoms with Gasteiger partial charge in [0.1, 0.15) is 0 Å². The highest BCUT2D eigenvalue weighted by molar-refractivity contribution is 6.01. The van der Waals surface area contributed by atoms with Gasteiger partial charge in [-0.3, -0.25) is 4.79 Å². The van der Waals surface area contributed by atoms with Crippen LogP contribution in [0.2, 0.25) is 0 Å². The van der Waals surface area contributed by atoms with Crippen molar-refractivity contribution in [1.82, 2.24) is 0 Å². The Morgan fingerprint density at radius 3 is 2.73 bits per heavy atom. The van der Waals surface area contributed by atoms with Gasteiger partial charge in [-0.05, 0) is 44.2 Å². The molecule has 1 aromatic carbocycles. The first-order chi connectivity index (χ1) is 10.8. The lowest BCUT2D eigenvalue weighted by Gasteiger charge is -2.34. The van der Waals surface area contributed by atoms with Crippen LogP contribution in [0.3, 0.4) is 0 Å². The maximum Gasteiger partial charge on any atom is 0.167 e. The highest BCUT2D eigenvalue weighted by atomic mass is 16.5. The molecule has 0 aliphatic carbocycles. The molecule has 0 aromatic heterocycles. The first-order valence-electron chi connectivity index (χ1n) is 8.32. The van der Waals surface area contributed by atoms with Gasteiger partial charge in [-0.1, -0.05) is 12.1 Å². The largest absolute Gasteiger partial charge is 0.396 e. The highest BCUT2D eigenvalue weighted by Gasteiger charge is 2.22. The quantitative estimate of drug-likeness (QED) is 0.592. The molecule has 1 aliphatic heterocycles. The number of carbonyl (C=O) groups is 1. The van der Waals surface area contributed by atoms with E-state index in [1.807, 2.05) is 31.2 Å². The number of hydrogen-bond acceptors (Lipinski definition) is 4. The van der Waals surface area contributed by atoms with Crippen molar-refractivity contribution in [3.05, 3.63) is 29.8 Å². The van der Waals surface area contributed by atoms with Crippen LogP contribution in [0, 0.1) is 5.92 Å². The number of para-hydroxylation sites is 1. The Morgan fingerprint density at radius 1 is 1.32 bits per heavy atom. The van der Waals surface area contributed by atoms with Gasteiger partial charge in [0.05, 0.1) is 6.61 Å². The van der Waals surface area contributed by atoms with E-state index in [9.17, 15) is 4.79 Å². The number of carbonyl (C=O) groups excluding carboxylic acids is 1. The van der Waals surface area contributed by atoms with Crippen LogP contribution in [0.4, 0.5) is 5.69 Å². The van der Waals surface area contributed by atoms with Crippen molar-refractivity contribution in [1.29, 1.82) is 0 Å². The van der Waals surface area contributed by atoms with E-state index in [4.69, 9.17) is 9.84 Å². The van der Waals surface area contributed by atoms with Crippen molar-refractivity contribution in [2.75, 3.05) is 37.8 Å². The summed E-state index contributed by atoms with van der Waals surface area (Å²) in [5, 5.41) is 9.05. The van der Waals surface area contributed by atoms with E-state index in [2.05, 4.69) is 4.90 Å². The minimum absolute atomic E-state index is 0.154. The number of hydrogen-bond donors (Lipinski definition) is 1. The van der Waals surface area contributed by atoms with Gasteiger partial charge in [0.25, 0.3) is 0 Å². The molecule has 0 radical (unpaired) electrons. The van der Waals surface area contributed by atoms with Crippen LogP contribution in [0.5, 0.6) is 0 Å². The Kier molecular flexibility index (Phi) is 6.87. The molecule has 122 valence electrons. The highest BCUT2D eigenvalue weighted by Crippen LogP contribution is 2.28. The third-order valence-electron chi connectivity index (χ3n) is 4.37. The van der Waals surface area contributed by atoms with Gasteiger partial charge in [0.15, 0.2) is 5.78 Å². The fraction of sp³-hybridized carbons (Fsp3) is 0.611. The van der Waals surface area contributed by atoms with Crippen molar-refractivity contribution >= 4 is 11.5 Å². The van der Waals surface area contributed by atoms with E-state index in [0.29, 0.717) is 25.6 Å². The smallest absolute Gasteiger partial charge is 0.167 e. The third kappa shape index (κ3) is 4.55. The first-order valence-corrected chi connectivity index (χ1v) is 8.32. The predicted molar refractivity (Wildman–Crippen MR) is 88.5 cm³/mol. The van der Waals surface area contributed by atoms with Crippen LogP contribution in [0.15, 0.2) is 24.3 Å². The Morgan fingerprint density at radius 2 is 2.05 bits per heavy atom. The van der Waals surface area contributed by atoms with Crippen LogP contribution in [0.25, 0.3) is 0 Å². The van der Waals surface area contributed by atoms with Crippen LogP contribution in [-0.4, -0.2) is 43.8 Å². The zero-order valence-electron chi connectivity index (χ0n) is 13.5. The molecule has 1 fully saturated rings. The zero-order chi connectivity index (χ0) is 15.8. The number of ether oxygens (including phenoxy) is 1. The molecule has 0 saturated carbocycles. The average molecular weight is 305 g/mol. The molecule has 0 unspecified atom stereocenters. The van der Waals surface area contributed by atoms with Gasteiger partial charge >= 0.3 is 0 Å². The van der Waals surface area contributed by atoms with E-state index in [0.717, 1.165) is 43.6 Å². The van der Waals surface area contributed by atoms with Gasteiger partial charge < -0.3 is 14.7 Å². The van der Waals surface area contributed by atoms with Crippen LogP contribution in [0.1, 0.15) is 43.0 Å². The SMILES string of the molecule is CCOCCC(=O)c1ccccc1N1CCC(CCO)CC1. The van der Waals surface area contributed by atoms with Crippen LogP contribution < -0.4 is 4.90 Å². The molecule has 22 heavy (non-hydrogen) atoms. The normalized spacial score (nSPS) is 16.0. The number of aliphatic hydroxyl groups is 1. The number of rotatable bonds is 8. The summed E-state index contributed by atoms with van der Waals surface area (Å²) in [6.45, 7) is 5.27. The van der Waals surface area contributed by atoms with Crippen molar-refractivity contribution in [3.63, 3.8) is 0 Å². The summed E-state index contributed by atoms with van der Waals surface area (Å²) >= 11 is 0. The number of benzene rings is 1. The summed E-state index contributed by atoms with van der Waals surface area (Å²) in [4.78, 5) is 14.7. The Hall–Kier alpha value is -1.39. The van der Waals surface area contributed by atoms with Gasteiger partial charge in [0.2, 0.25) is 0 Å². The Labute approximate surface area is 133 Å². The summed E-state index contributed by atoms with van der Waals surface area (Å²) in [5.74, 6) is 0.767. The van der Waals surface area contributed by atoms with Gasteiger partial charge in [-0.25, -0.2) is 0 Å². The van der Waals surface area contributed by atoms with Gasteiger partial charge in [-0.2, -0.15) is 0 Å². The standard InChI is InChI=1S/C18H27NO3/c1-2-22-14-10-18(21)16-5-3-4-6-17(16)19-11-7-15(8-12-19)9-13-20/h3-6,15,20H,2,7-14H2,1H3. The molecular formula is C18H27NO3. The van der Waals surface area contributed by atoms with Crippen LogP contribution >= 0.6 is 0 Å². The Bertz CT molecular complexity index is 467. The molecule has 0 amide bonds. The number of anilines is 1. The third-order valence-corrected chi connectivity index (χ3v) is 4.37. The molecule has 1 N–H and O–H groups in total. The molecule has 0 atom stereocenters. The van der Waals surface area contributed by atoms with E-state index < -0.39 is 0 Å². The zero-order valence-corrected chi connectivity index (χ0v) is 13.5. The molecule has 1 heterocycles. The van der Waals surface area contributed by atoms with Crippen molar-refractivity contribution in [3.8, 4) is 0 Å². The maximum atomic E-state index is 12.4. The molecule has 0 bridgehead atoms. The summed E-state index contributed by atoms with van der Waals surface area (Å²) in [6, 6.07) is 7.88. The molecule has 0 spiro atoms. The van der Waals surface area contributed by atoms with Gasteiger partial charge in [0, 0.05) is 44.0 Å². The van der Waals surface area contributed by atoms with E-state index >= 15 is 0 Å². The fourth-order valence-electron chi connectivity index (χ4n) is 3.07. The minimum atomic E-state index is 0.154. The van der Waals surface area contributed by atoms with Crippen LogP contribution in [-0.2, 0) is 4.74 Å². The number of piperidine rings is 1. The maximum absolute atomic E-state index is 12.4. The topological polar surface area (TPSA) is 49.8 Å². The fourth-order valence-corrected chi connectivity index (χ4v) is 3.07. The van der Waals surface area contributed by atoms with Crippen molar-refractivity contribution in [2.45, 2.75) is 32.6 Å². The van der Waals surface area contributed by atoms with Crippen molar-refractivity contribution < 1.29 is 14.6 Å². The Balaban J connectivity index is 2.01. The second-order valence-electron chi connectivity index (χ2n) is 5.83. The lowest BCUT2D eigenvalue weighted by molar-refractivity contribution is 0.0896. The average Bonchev–Trinajstić information content (AvgIpc) is 2.56. The van der Waals surface area contributed by atoms with E-state index in [1.165, 1.54) is 0 Å². The number of nitrogens with zero attached hydrogens (tertiary/aromatic N) is 1. The predicted octanol–water partition coefficient (Wildman–Crippen LogP) is 2.89. The summed E-state index contributed by atoms with van der Waals surface area (Å²) in [5.41, 5.74) is 1.86. The molecule has 1 aromatic rings.